The molecular formula is C18H26N2O3. The van der Waals surface area contributed by atoms with Crippen LogP contribution >= 0.6 is 0 Å². The Morgan fingerprint density at radius 1 is 1.22 bits per heavy atom. The summed E-state index contributed by atoms with van der Waals surface area (Å²) in [5.41, 5.74) is 1.79. The Morgan fingerprint density at radius 3 is 2.57 bits per heavy atom. The Morgan fingerprint density at radius 2 is 1.96 bits per heavy atom. The fraction of sp³-hybridized carbons (Fsp3) is 0.500. The van der Waals surface area contributed by atoms with Gasteiger partial charge >= 0.3 is 0 Å². The summed E-state index contributed by atoms with van der Waals surface area (Å²) in [5, 5.41) is 0. The number of rotatable bonds is 7. The molecule has 1 aromatic carbocycles. The van der Waals surface area contributed by atoms with Crippen LogP contribution < -0.4 is 9.47 Å². The van der Waals surface area contributed by atoms with E-state index < -0.39 is 0 Å². The van der Waals surface area contributed by atoms with E-state index in [0.29, 0.717) is 17.6 Å². The van der Waals surface area contributed by atoms with Crippen molar-refractivity contribution in [2.45, 2.75) is 27.3 Å². The van der Waals surface area contributed by atoms with Gasteiger partial charge in [0.25, 0.3) is 0 Å². The average Bonchev–Trinajstić information content (AvgIpc) is 2.86. The van der Waals surface area contributed by atoms with Gasteiger partial charge < -0.3 is 18.8 Å². The minimum atomic E-state index is 0.579. The Bertz CT molecular complexity index is 650. The molecule has 0 saturated carbocycles. The molecule has 0 N–H and O–H groups in total. The topological polar surface area (TPSA) is 47.7 Å². The molecule has 23 heavy (non-hydrogen) atoms. The maximum Gasteiger partial charge on any atom is 0.230 e. The van der Waals surface area contributed by atoms with Crippen molar-refractivity contribution in [1.82, 2.24) is 9.88 Å². The van der Waals surface area contributed by atoms with Crippen LogP contribution in [0.1, 0.15) is 25.3 Å². The smallest absolute Gasteiger partial charge is 0.230 e. The summed E-state index contributed by atoms with van der Waals surface area (Å²) in [6.07, 6.45) is 0. The summed E-state index contributed by atoms with van der Waals surface area (Å²) in [6.45, 7) is 8.16. The van der Waals surface area contributed by atoms with Crippen LogP contribution in [0.25, 0.3) is 11.5 Å². The van der Waals surface area contributed by atoms with Crippen molar-refractivity contribution in [2.75, 3.05) is 27.8 Å². The Balaban J connectivity index is 2.27. The lowest BCUT2D eigenvalue weighted by Gasteiger charge is -2.17. The summed E-state index contributed by atoms with van der Waals surface area (Å²) >= 11 is 0. The third-order valence-corrected chi connectivity index (χ3v) is 3.63. The van der Waals surface area contributed by atoms with Gasteiger partial charge in [-0.15, -0.1) is 0 Å². The molecule has 1 heterocycles. The minimum Gasteiger partial charge on any atom is -0.497 e. The predicted octanol–water partition coefficient (Wildman–Crippen LogP) is 3.76. The van der Waals surface area contributed by atoms with Crippen LogP contribution in [0.15, 0.2) is 22.6 Å². The zero-order valence-corrected chi connectivity index (χ0v) is 14.8. The third kappa shape index (κ3) is 4.26. The molecule has 0 amide bonds. The first-order valence-electron chi connectivity index (χ1n) is 7.81. The third-order valence-electron chi connectivity index (χ3n) is 3.63. The minimum absolute atomic E-state index is 0.579. The molecule has 0 atom stereocenters. The highest BCUT2D eigenvalue weighted by atomic mass is 16.5. The number of hydrogen-bond donors (Lipinski definition) is 0. The summed E-state index contributed by atoms with van der Waals surface area (Å²) in [5.74, 6) is 3.47. The first-order valence-corrected chi connectivity index (χ1v) is 7.81. The van der Waals surface area contributed by atoms with E-state index in [0.717, 1.165) is 35.9 Å². The maximum atomic E-state index is 5.86. The van der Waals surface area contributed by atoms with Crippen molar-refractivity contribution in [1.29, 1.82) is 0 Å². The van der Waals surface area contributed by atoms with E-state index >= 15 is 0 Å². The van der Waals surface area contributed by atoms with Gasteiger partial charge in [-0.1, -0.05) is 13.8 Å². The van der Waals surface area contributed by atoms with Crippen molar-refractivity contribution < 1.29 is 13.9 Å². The van der Waals surface area contributed by atoms with Gasteiger partial charge in [-0.05, 0) is 32.0 Å². The van der Waals surface area contributed by atoms with Crippen LogP contribution in [-0.2, 0) is 6.54 Å². The van der Waals surface area contributed by atoms with Crippen LogP contribution in [0.3, 0.4) is 0 Å². The van der Waals surface area contributed by atoms with E-state index in [1.807, 2.05) is 25.1 Å². The van der Waals surface area contributed by atoms with E-state index in [1.165, 1.54) is 0 Å². The maximum absolute atomic E-state index is 5.86. The number of hydrogen-bond acceptors (Lipinski definition) is 5. The number of aromatic nitrogens is 1. The zero-order chi connectivity index (χ0) is 17.0. The molecule has 2 aromatic rings. The number of nitrogens with zero attached hydrogens (tertiary/aromatic N) is 2. The van der Waals surface area contributed by atoms with Crippen molar-refractivity contribution >= 4 is 0 Å². The Kier molecular flexibility index (Phi) is 5.66. The van der Waals surface area contributed by atoms with Gasteiger partial charge in [0, 0.05) is 19.2 Å². The summed E-state index contributed by atoms with van der Waals surface area (Å²) in [4.78, 5) is 6.92. The van der Waals surface area contributed by atoms with E-state index in [4.69, 9.17) is 13.9 Å². The molecule has 5 nitrogen and oxygen atoms in total. The fourth-order valence-electron chi connectivity index (χ4n) is 2.61. The second-order valence-electron chi connectivity index (χ2n) is 6.18. The number of ether oxygens (including phenoxy) is 2. The summed E-state index contributed by atoms with van der Waals surface area (Å²) < 4.78 is 16.5. The van der Waals surface area contributed by atoms with Gasteiger partial charge in [-0.2, -0.15) is 0 Å². The van der Waals surface area contributed by atoms with Crippen molar-refractivity contribution in [3.8, 4) is 23.0 Å². The van der Waals surface area contributed by atoms with Crippen molar-refractivity contribution in [3.63, 3.8) is 0 Å². The van der Waals surface area contributed by atoms with Crippen LogP contribution in [0.5, 0.6) is 11.5 Å². The molecule has 0 aliphatic rings. The van der Waals surface area contributed by atoms with Gasteiger partial charge in [0.15, 0.2) is 0 Å². The molecule has 0 spiro atoms. The molecule has 0 aliphatic carbocycles. The number of benzene rings is 1. The first-order chi connectivity index (χ1) is 10.9. The Labute approximate surface area is 138 Å². The van der Waals surface area contributed by atoms with E-state index in [-0.39, 0.29) is 0 Å². The first kappa shape index (κ1) is 17.3. The molecule has 0 unspecified atom stereocenters. The summed E-state index contributed by atoms with van der Waals surface area (Å²) in [7, 11) is 5.36. The molecule has 126 valence electrons. The normalized spacial score (nSPS) is 11.3. The molecule has 0 bridgehead atoms. The predicted molar refractivity (Wildman–Crippen MR) is 91.0 cm³/mol. The van der Waals surface area contributed by atoms with E-state index in [1.54, 1.807) is 14.2 Å². The van der Waals surface area contributed by atoms with Crippen molar-refractivity contribution in [2.24, 2.45) is 5.92 Å². The number of methoxy groups -OCH3 is 2. The molecule has 0 fully saturated rings. The molecule has 2 rings (SSSR count). The van der Waals surface area contributed by atoms with Crippen LogP contribution in [0.4, 0.5) is 0 Å². The molecule has 0 radical (unpaired) electrons. The highest BCUT2D eigenvalue weighted by molar-refractivity contribution is 5.65. The standard InChI is InChI=1S/C18H26N2O3/c1-12(2)10-20(4)11-16-13(3)23-18(19-16)15-8-7-14(21-5)9-17(15)22-6/h7-9,12H,10-11H2,1-6H3. The number of aryl methyl sites for hydroxylation is 1. The molecular weight excluding hydrogens is 292 g/mol. The highest BCUT2D eigenvalue weighted by Gasteiger charge is 2.17. The highest BCUT2D eigenvalue weighted by Crippen LogP contribution is 2.33. The summed E-state index contributed by atoms with van der Waals surface area (Å²) in [6, 6.07) is 5.62. The van der Waals surface area contributed by atoms with Crippen LogP contribution in [0, 0.1) is 12.8 Å². The Hall–Kier alpha value is -2.01. The van der Waals surface area contributed by atoms with Crippen molar-refractivity contribution in [3.05, 3.63) is 29.7 Å². The lowest BCUT2D eigenvalue weighted by molar-refractivity contribution is 0.284. The number of oxazole rings is 1. The lowest BCUT2D eigenvalue weighted by atomic mass is 10.2. The quantitative estimate of drug-likeness (QED) is 0.778. The van der Waals surface area contributed by atoms with E-state index in [9.17, 15) is 0 Å². The molecule has 0 aliphatic heterocycles. The van der Waals surface area contributed by atoms with Gasteiger partial charge in [-0.3, -0.25) is 0 Å². The second-order valence-corrected chi connectivity index (χ2v) is 6.18. The van der Waals surface area contributed by atoms with Gasteiger partial charge in [0.2, 0.25) is 5.89 Å². The van der Waals surface area contributed by atoms with Crippen LogP contribution in [0.2, 0.25) is 0 Å². The molecule has 5 heteroatoms. The monoisotopic (exact) mass is 318 g/mol. The average molecular weight is 318 g/mol. The largest absolute Gasteiger partial charge is 0.497 e. The van der Waals surface area contributed by atoms with Gasteiger partial charge in [0.05, 0.1) is 25.5 Å². The SMILES string of the molecule is COc1ccc(-c2nc(CN(C)CC(C)C)c(C)o2)c(OC)c1. The lowest BCUT2D eigenvalue weighted by Crippen LogP contribution is -2.23. The van der Waals surface area contributed by atoms with Gasteiger partial charge in [-0.25, -0.2) is 4.98 Å². The molecule has 0 saturated heterocycles. The molecule has 1 aromatic heterocycles. The van der Waals surface area contributed by atoms with Gasteiger partial charge in [0.1, 0.15) is 17.3 Å². The zero-order valence-electron chi connectivity index (χ0n) is 14.8. The van der Waals surface area contributed by atoms with Crippen LogP contribution in [-0.4, -0.2) is 37.7 Å². The fourth-order valence-corrected chi connectivity index (χ4v) is 2.61. The van der Waals surface area contributed by atoms with E-state index in [2.05, 4.69) is 30.8 Å². The second kappa shape index (κ2) is 7.51.